The van der Waals surface area contributed by atoms with Gasteiger partial charge in [-0.3, -0.25) is 9.78 Å². The molecule has 1 N–H and O–H groups in total. The molecule has 3 atom stereocenters. The number of hydrogen-bond acceptors (Lipinski definition) is 4. The minimum Gasteiger partial charge on any atom is -0.336 e. The van der Waals surface area contributed by atoms with Crippen molar-refractivity contribution in [3.63, 3.8) is 0 Å². The zero-order valence-electron chi connectivity index (χ0n) is 17.4. The quantitative estimate of drug-likeness (QED) is 0.808. The van der Waals surface area contributed by atoms with Crippen LogP contribution < -0.4 is 5.69 Å². The Labute approximate surface area is 171 Å². The van der Waals surface area contributed by atoms with E-state index in [2.05, 4.69) is 52.4 Å². The lowest BCUT2D eigenvalue weighted by Crippen LogP contribution is -2.42. The molecular formula is C22H31N5O2. The van der Waals surface area contributed by atoms with Crippen molar-refractivity contribution in [1.82, 2.24) is 24.6 Å². The fraction of sp³-hybridized carbons (Fsp3) is 0.591. The molecule has 1 saturated carbocycles. The molecule has 1 saturated heterocycles. The second-order valence-electron chi connectivity index (χ2n) is 8.66. The molecule has 156 valence electrons. The number of nitrogens with zero attached hydrogens (tertiary/aromatic N) is 4. The molecule has 2 aromatic rings. The Hall–Kier alpha value is -2.41. The molecular weight excluding hydrogens is 366 g/mol. The summed E-state index contributed by atoms with van der Waals surface area (Å²) in [5.74, 6) is 1.25. The van der Waals surface area contributed by atoms with E-state index in [1.54, 1.807) is 7.05 Å². The maximum atomic E-state index is 12.7. The first kappa shape index (κ1) is 19.9. The van der Waals surface area contributed by atoms with Gasteiger partial charge in [0.1, 0.15) is 0 Å². The largest absolute Gasteiger partial charge is 0.343 e. The summed E-state index contributed by atoms with van der Waals surface area (Å²) in [6.45, 7) is 2.64. The number of amides is 1. The van der Waals surface area contributed by atoms with Crippen molar-refractivity contribution in [3.05, 3.63) is 52.2 Å². The van der Waals surface area contributed by atoms with Crippen molar-refractivity contribution < 1.29 is 4.79 Å². The van der Waals surface area contributed by atoms with Gasteiger partial charge in [-0.05, 0) is 63.1 Å². The molecule has 0 unspecified atom stereocenters. The third-order valence-electron chi connectivity index (χ3n) is 6.74. The number of fused-ring (bicyclic) bond motifs is 1. The standard InChI is InChI=1S/C22H31N5O2/c1-25(11-6-9-16-7-4-3-5-8-16)19-13-17-10-12-27(15-18(17)14-19)21(28)20-23-22(29)26(2)24-20/h3-5,7-8,17-19H,6,9-15H2,1-2H3,(H,23,24,29)/t17-,18-,19+/m1/s1. The van der Waals surface area contributed by atoms with E-state index < -0.39 is 0 Å². The molecule has 7 heteroatoms. The second kappa shape index (κ2) is 8.53. The number of piperidine rings is 1. The summed E-state index contributed by atoms with van der Waals surface area (Å²) >= 11 is 0. The highest BCUT2D eigenvalue weighted by molar-refractivity contribution is 5.90. The molecule has 1 aromatic carbocycles. The Kier molecular flexibility index (Phi) is 5.85. The number of hydrogen-bond donors (Lipinski definition) is 1. The number of aromatic nitrogens is 3. The summed E-state index contributed by atoms with van der Waals surface area (Å²) in [4.78, 5) is 31.2. The van der Waals surface area contributed by atoms with Crippen LogP contribution >= 0.6 is 0 Å². The highest BCUT2D eigenvalue weighted by Crippen LogP contribution is 2.40. The van der Waals surface area contributed by atoms with Gasteiger partial charge >= 0.3 is 5.69 Å². The molecule has 2 aliphatic rings. The number of benzene rings is 1. The minimum atomic E-state index is -0.346. The number of rotatable bonds is 6. The van der Waals surface area contributed by atoms with Gasteiger partial charge in [0.2, 0.25) is 5.82 Å². The summed E-state index contributed by atoms with van der Waals surface area (Å²) in [6.07, 6.45) is 5.71. The van der Waals surface area contributed by atoms with Crippen LogP contribution in [0.25, 0.3) is 0 Å². The average molecular weight is 398 g/mol. The van der Waals surface area contributed by atoms with Gasteiger partial charge in [-0.25, -0.2) is 9.48 Å². The molecule has 7 nitrogen and oxygen atoms in total. The van der Waals surface area contributed by atoms with Gasteiger partial charge < -0.3 is 9.80 Å². The van der Waals surface area contributed by atoms with E-state index in [4.69, 9.17) is 0 Å². The molecule has 1 aliphatic carbocycles. The number of aryl methyl sites for hydroxylation is 2. The molecule has 1 amide bonds. The molecule has 2 heterocycles. The lowest BCUT2D eigenvalue weighted by molar-refractivity contribution is 0.0614. The zero-order valence-corrected chi connectivity index (χ0v) is 17.4. The fourth-order valence-electron chi connectivity index (χ4n) is 5.01. The van der Waals surface area contributed by atoms with E-state index in [1.807, 2.05) is 4.90 Å². The van der Waals surface area contributed by atoms with Crippen LogP contribution in [0.4, 0.5) is 0 Å². The molecule has 29 heavy (non-hydrogen) atoms. The second-order valence-corrected chi connectivity index (χ2v) is 8.66. The topological polar surface area (TPSA) is 74.2 Å². The summed E-state index contributed by atoms with van der Waals surface area (Å²) in [6, 6.07) is 11.3. The lowest BCUT2D eigenvalue weighted by Gasteiger charge is -2.34. The van der Waals surface area contributed by atoms with E-state index >= 15 is 0 Å². The van der Waals surface area contributed by atoms with Gasteiger partial charge in [-0.15, -0.1) is 5.10 Å². The van der Waals surface area contributed by atoms with Crippen LogP contribution in [-0.4, -0.2) is 63.2 Å². The Bertz CT molecular complexity index is 890. The molecule has 0 bridgehead atoms. The van der Waals surface area contributed by atoms with Gasteiger partial charge in [-0.2, -0.15) is 0 Å². The normalized spacial score (nSPS) is 24.1. The van der Waals surface area contributed by atoms with Crippen LogP contribution in [0.1, 0.15) is 41.9 Å². The average Bonchev–Trinajstić information content (AvgIpc) is 3.31. The van der Waals surface area contributed by atoms with Crippen molar-refractivity contribution in [2.75, 3.05) is 26.7 Å². The van der Waals surface area contributed by atoms with Crippen LogP contribution in [0.5, 0.6) is 0 Å². The van der Waals surface area contributed by atoms with Crippen LogP contribution in [0, 0.1) is 11.8 Å². The minimum absolute atomic E-state index is 0.152. The first-order valence-electron chi connectivity index (χ1n) is 10.7. The van der Waals surface area contributed by atoms with Gasteiger partial charge in [0.15, 0.2) is 0 Å². The third kappa shape index (κ3) is 4.45. The summed E-state index contributed by atoms with van der Waals surface area (Å²) in [5.41, 5.74) is 1.06. The van der Waals surface area contributed by atoms with Crippen LogP contribution in [0.2, 0.25) is 0 Å². The number of H-pyrrole nitrogens is 1. The van der Waals surface area contributed by atoms with Crippen molar-refractivity contribution >= 4 is 5.91 Å². The Morgan fingerprint density at radius 1 is 1.24 bits per heavy atom. The predicted molar refractivity (Wildman–Crippen MR) is 112 cm³/mol. The van der Waals surface area contributed by atoms with E-state index in [0.717, 1.165) is 38.9 Å². The maximum Gasteiger partial charge on any atom is 0.343 e. The van der Waals surface area contributed by atoms with Crippen molar-refractivity contribution in [3.8, 4) is 0 Å². The zero-order chi connectivity index (χ0) is 20.4. The highest BCUT2D eigenvalue weighted by Gasteiger charge is 2.40. The number of carbonyl (C=O) groups excluding carboxylic acids is 1. The molecule has 2 fully saturated rings. The Morgan fingerprint density at radius 3 is 2.72 bits per heavy atom. The first-order chi connectivity index (χ1) is 14.0. The monoisotopic (exact) mass is 397 g/mol. The molecule has 1 aliphatic heterocycles. The fourth-order valence-corrected chi connectivity index (χ4v) is 5.01. The number of aromatic amines is 1. The summed E-state index contributed by atoms with van der Waals surface area (Å²) < 4.78 is 1.18. The smallest absolute Gasteiger partial charge is 0.336 e. The number of carbonyl (C=O) groups is 1. The highest BCUT2D eigenvalue weighted by atomic mass is 16.2. The third-order valence-corrected chi connectivity index (χ3v) is 6.74. The lowest BCUT2D eigenvalue weighted by atomic mass is 9.88. The Morgan fingerprint density at radius 2 is 2.00 bits per heavy atom. The van der Waals surface area contributed by atoms with Crippen LogP contribution in [0.15, 0.2) is 35.1 Å². The summed E-state index contributed by atoms with van der Waals surface area (Å²) in [7, 11) is 3.80. The maximum absolute atomic E-state index is 12.7. The molecule has 1 aromatic heterocycles. The van der Waals surface area contributed by atoms with E-state index in [0.29, 0.717) is 17.9 Å². The summed E-state index contributed by atoms with van der Waals surface area (Å²) in [5, 5.41) is 4.02. The Balaban J connectivity index is 1.28. The number of likely N-dealkylation sites (tertiary alicyclic amines) is 1. The number of nitrogens with one attached hydrogen (secondary N) is 1. The van der Waals surface area contributed by atoms with Crippen molar-refractivity contribution in [2.45, 2.75) is 38.1 Å². The van der Waals surface area contributed by atoms with Gasteiger partial charge in [-0.1, -0.05) is 30.3 Å². The van der Waals surface area contributed by atoms with Gasteiger partial charge in [0, 0.05) is 26.2 Å². The van der Waals surface area contributed by atoms with Crippen molar-refractivity contribution in [2.24, 2.45) is 18.9 Å². The molecule has 0 radical (unpaired) electrons. The first-order valence-corrected chi connectivity index (χ1v) is 10.7. The van der Waals surface area contributed by atoms with E-state index in [9.17, 15) is 9.59 Å². The van der Waals surface area contributed by atoms with Gasteiger partial charge in [0.05, 0.1) is 0 Å². The molecule has 0 spiro atoms. The van der Waals surface area contributed by atoms with Crippen molar-refractivity contribution in [1.29, 1.82) is 0 Å². The van der Waals surface area contributed by atoms with Gasteiger partial charge in [0.25, 0.3) is 5.91 Å². The van der Waals surface area contributed by atoms with Crippen LogP contribution in [-0.2, 0) is 13.5 Å². The van der Waals surface area contributed by atoms with E-state index in [1.165, 1.54) is 23.1 Å². The molecule has 4 rings (SSSR count). The SMILES string of the molecule is CN(CCCc1ccccc1)[C@H]1C[C@H]2CCN(C(=O)c3nn(C)c(=O)[nH]3)C[C@H]2C1. The predicted octanol–water partition coefficient (Wildman–Crippen LogP) is 1.91. The van der Waals surface area contributed by atoms with Crippen LogP contribution in [0.3, 0.4) is 0 Å². The van der Waals surface area contributed by atoms with E-state index in [-0.39, 0.29) is 17.4 Å².